The fraction of sp³-hybridized carbons (Fsp3) is 0.781. The molecule has 2 saturated carbocycles. The molecule has 6 nitrogen and oxygen atoms in total. The summed E-state index contributed by atoms with van der Waals surface area (Å²) in [5.74, 6) is 2.17. The van der Waals surface area contributed by atoms with Crippen LogP contribution in [0.5, 0.6) is 0 Å². The van der Waals surface area contributed by atoms with Crippen molar-refractivity contribution in [3.05, 3.63) is 40.1 Å². The Hall–Kier alpha value is -1.49. The molecule has 0 bridgehead atoms. The molecule has 4 aliphatic rings. The number of rotatable bonds is 8. The van der Waals surface area contributed by atoms with Crippen LogP contribution in [0.4, 0.5) is 13.2 Å². The Bertz CT molecular complexity index is 1290. The van der Waals surface area contributed by atoms with Gasteiger partial charge in [-0.25, -0.2) is 4.79 Å². The van der Waals surface area contributed by atoms with E-state index < -0.39 is 11.7 Å². The molecule has 2 saturated heterocycles. The van der Waals surface area contributed by atoms with Crippen molar-refractivity contribution in [1.82, 2.24) is 19.2 Å². The minimum atomic E-state index is -4.53. The van der Waals surface area contributed by atoms with Gasteiger partial charge in [-0.1, -0.05) is 39.5 Å². The number of aromatic nitrogens is 2. The zero-order valence-corrected chi connectivity index (χ0v) is 26.1. The molecule has 2 aliphatic carbocycles. The van der Waals surface area contributed by atoms with E-state index in [1.165, 1.54) is 35.9 Å². The van der Waals surface area contributed by atoms with Crippen LogP contribution in [0, 0.1) is 23.7 Å². The first-order valence-electron chi connectivity index (χ1n) is 16.1. The number of halogens is 3. The Morgan fingerprint density at radius 1 is 1.07 bits per heavy atom. The first-order chi connectivity index (χ1) is 20.1. The fourth-order valence-electron chi connectivity index (χ4n) is 8.52. The summed E-state index contributed by atoms with van der Waals surface area (Å²) in [5.41, 5.74) is -0.505. The van der Waals surface area contributed by atoms with Gasteiger partial charge in [-0.3, -0.25) is 19.2 Å². The highest BCUT2D eigenvalue weighted by Crippen LogP contribution is 2.49. The second-order valence-electron chi connectivity index (χ2n) is 13.6. The van der Waals surface area contributed by atoms with Gasteiger partial charge in [0.25, 0.3) is 0 Å². The second-order valence-corrected chi connectivity index (χ2v) is 15.2. The van der Waals surface area contributed by atoms with Crippen molar-refractivity contribution >= 4 is 17.3 Å². The quantitative estimate of drug-likeness (QED) is 0.368. The van der Waals surface area contributed by atoms with Gasteiger partial charge in [0.2, 0.25) is 0 Å². The highest BCUT2D eigenvalue weighted by Gasteiger charge is 2.46. The van der Waals surface area contributed by atoms with Gasteiger partial charge in [0.15, 0.2) is 0 Å². The molecule has 2 aromatic rings. The minimum absolute atomic E-state index is 0.0224. The van der Waals surface area contributed by atoms with Crippen molar-refractivity contribution in [1.29, 1.82) is 0 Å². The molecule has 0 radical (unpaired) electrons. The first kappa shape index (κ1) is 30.5. The predicted octanol–water partition coefficient (Wildman–Crippen LogP) is 6.57. The van der Waals surface area contributed by atoms with Crippen molar-refractivity contribution in [2.24, 2.45) is 23.7 Å². The molecule has 2 aromatic heterocycles. The zero-order valence-electron chi connectivity index (χ0n) is 25.2. The van der Waals surface area contributed by atoms with E-state index in [0.29, 0.717) is 59.1 Å². The Morgan fingerprint density at radius 3 is 2.52 bits per heavy atom. The van der Waals surface area contributed by atoms with E-state index in [1.807, 2.05) is 11.8 Å². The first-order valence-corrected chi connectivity index (χ1v) is 17.0. The van der Waals surface area contributed by atoms with Crippen LogP contribution in [0.15, 0.2) is 23.3 Å². The molecule has 42 heavy (non-hydrogen) atoms. The Morgan fingerprint density at radius 2 is 1.83 bits per heavy atom. The summed E-state index contributed by atoms with van der Waals surface area (Å²) < 4.78 is 51.5. The Kier molecular flexibility index (Phi) is 9.08. The summed E-state index contributed by atoms with van der Waals surface area (Å²) >= 11 is 1.96. The van der Waals surface area contributed by atoms with E-state index in [0.717, 1.165) is 51.6 Å². The van der Waals surface area contributed by atoms with Crippen molar-refractivity contribution < 1.29 is 17.9 Å². The van der Waals surface area contributed by atoms with Gasteiger partial charge >= 0.3 is 11.9 Å². The number of ether oxygens (including phenoxy) is 1. The highest BCUT2D eigenvalue weighted by atomic mass is 32.2. The molecular formula is C32H47F3N4O2S. The summed E-state index contributed by atoms with van der Waals surface area (Å²) in [4.78, 5) is 16.0. The van der Waals surface area contributed by atoms with Gasteiger partial charge in [0, 0.05) is 49.9 Å². The third-order valence-corrected chi connectivity index (χ3v) is 11.9. The number of fused-ring (bicyclic) bond motifs is 1. The van der Waals surface area contributed by atoms with Crippen molar-refractivity contribution in [3.63, 3.8) is 0 Å². The Labute approximate surface area is 251 Å². The normalized spacial score (nSPS) is 32.3. The van der Waals surface area contributed by atoms with Crippen LogP contribution in [0.25, 0.3) is 5.52 Å². The standard InChI is InChI=1S/C32H47F3N4O2S/c1-20-7-6-12-37(15-20)16-22-13-26(32(33,34)35)27-18-38(31(40)39(27)17-22)25-11-5-10-24(14-25)29(23-8-4-9-23)30-21(2)42-28(36-30)19-41-3/h13,17-18,20-21,23-25,28-30,36H,4-12,14-16,19H2,1-3H3/t20-,21?,24?,25?,28?,29-,30?/m0/s1. The average molecular weight is 609 g/mol. The summed E-state index contributed by atoms with van der Waals surface area (Å²) in [7, 11) is 1.75. The van der Waals surface area contributed by atoms with Gasteiger partial charge in [-0.2, -0.15) is 13.2 Å². The lowest BCUT2D eigenvalue weighted by Crippen LogP contribution is -2.49. The number of methoxy groups -OCH3 is 1. The van der Waals surface area contributed by atoms with E-state index >= 15 is 0 Å². The molecule has 5 unspecified atom stereocenters. The van der Waals surface area contributed by atoms with Crippen molar-refractivity contribution in [2.45, 2.75) is 107 Å². The smallest absolute Gasteiger partial charge is 0.382 e. The molecule has 10 heteroatoms. The summed E-state index contributed by atoms with van der Waals surface area (Å²) in [5, 5.41) is 4.65. The number of pyridine rings is 1. The molecule has 7 atom stereocenters. The maximum absolute atomic E-state index is 14.4. The largest absolute Gasteiger partial charge is 0.418 e. The van der Waals surface area contributed by atoms with Crippen LogP contribution in [0.2, 0.25) is 0 Å². The second kappa shape index (κ2) is 12.5. The lowest BCUT2D eigenvalue weighted by Gasteiger charge is -2.46. The number of alkyl halides is 3. The van der Waals surface area contributed by atoms with E-state index in [-0.39, 0.29) is 17.2 Å². The zero-order chi connectivity index (χ0) is 29.6. The average Bonchev–Trinajstić information content (AvgIpc) is 3.44. The summed E-state index contributed by atoms with van der Waals surface area (Å²) in [6, 6.07) is 1.59. The molecule has 0 amide bonds. The van der Waals surface area contributed by atoms with Gasteiger partial charge in [0.05, 0.1) is 23.1 Å². The number of piperidine rings is 1. The molecule has 6 rings (SSSR count). The molecule has 0 aromatic carbocycles. The Balaban J connectivity index is 1.28. The molecule has 234 valence electrons. The molecule has 0 spiro atoms. The van der Waals surface area contributed by atoms with Gasteiger partial charge in [-0.15, -0.1) is 11.8 Å². The van der Waals surface area contributed by atoms with Gasteiger partial charge in [-0.05, 0) is 74.0 Å². The van der Waals surface area contributed by atoms with E-state index in [9.17, 15) is 18.0 Å². The fourth-order valence-corrected chi connectivity index (χ4v) is 9.92. The molecule has 1 N–H and O–H groups in total. The van der Waals surface area contributed by atoms with E-state index in [1.54, 1.807) is 17.9 Å². The molecule has 4 fully saturated rings. The molecular weight excluding hydrogens is 561 g/mol. The van der Waals surface area contributed by atoms with Gasteiger partial charge in [0.1, 0.15) is 0 Å². The van der Waals surface area contributed by atoms with Crippen molar-refractivity contribution in [3.8, 4) is 0 Å². The monoisotopic (exact) mass is 608 g/mol. The maximum Gasteiger partial charge on any atom is 0.418 e. The number of thioether (sulfide) groups is 1. The van der Waals surface area contributed by atoms with Crippen LogP contribution in [0.1, 0.15) is 88.8 Å². The van der Waals surface area contributed by atoms with Crippen LogP contribution in [-0.4, -0.2) is 57.3 Å². The number of hydrogen-bond donors (Lipinski definition) is 1. The summed E-state index contributed by atoms with van der Waals surface area (Å²) in [6.07, 6.45) is 8.42. The number of imidazole rings is 1. The van der Waals surface area contributed by atoms with E-state index in [4.69, 9.17) is 4.74 Å². The lowest BCUT2D eigenvalue weighted by molar-refractivity contribution is -0.136. The number of nitrogens with one attached hydrogen (secondary N) is 1. The number of likely N-dealkylation sites (tertiary alicyclic amines) is 1. The third kappa shape index (κ3) is 6.20. The number of hydrogen-bond acceptors (Lipinski definition) is 5. The number of nitrogens with zero attached hydrogens (tertiary/aromatic N) is 3. The topological polar surface area (TPSA) is 50.9 Å². The third-order valence-electron chi connectivity index (χ3n) is 10.6. The summed E-state index contributed by atoms with van der Waals surface area (Å²) in [6.45, 7) is 7.38. The molecule has 2 aliphatic heterocycles. The lowest BCUT2D eigenvalue weighted by atomic mass is 9.63. The van der Waals surface area contributed by atoms with Crippen molar-refractivity contribution in [2.75, 3.05) is 26.8 Å². The van der Waals surface area contributed by atoms with Crippen LogP contribution < -0.4 is 11.0 Å². The van der Waals surface area contributed by atoms with Crippen LogP contribution in [0.3, 0.4) is 0 Å². The highest BCUT2D eigenvalue weighted by molar-refractivity contribution is 8.00. The predicted molar refractivity (Wildman–Crippen MR) is 162 cm³/mol. The SMILES string of the molecule is COCC1NC([C@@H](C2CCC2)C2CCCC(n3cc4c(C(F)(F)F)cc(CN5CCC[C@H](C)C5)cn4c3=O)C2)C(C)S1. The molecule has 4 heterocycles. The van der Waals surface area contributed by atoms with Crippen LogP contribution in [-0.2, 0) is 17.5 Å². The van der Waals surface area contributed by atoms with Crippen LogP contribution >= 0.6 is 11.8 Å². The minimum Gasteiger partial charge on any atom is -0.382 e. The van der Waals surface area contributed by atoms with Gasteiger partial charge < -0.3 is 4.74 Å². The maximum atomic E-state index is 14.4. The van der Waals surface area contributed by atoms with E-state index in [2.05, 4.69) is 24.1 Å².